The van der Waals surface area contributed by atoms with E-state index in [0.29, 0.717) is 42.7 Å². The van der Waals surface area contributed by atoms with E-state index in [1.54, 1.807) is 12.1 Å². The van der Waals surface area contributed by atoms with Crippen molar-refractivity contribution in [2.24, 2.45) is 11.8 Å². The second kappa shape index (κ2) is 12.1. The molecular weight excluding hydrogens is 499 g/mol. The van der Waals surface area contributed by atoms with Crippen LogP contribution in [0.4, 0.5) is 22.0 Å². The summed E-state index contributed by atoms with van der Waals surface area (Å²) >= 11 is 5.75. The maximum Gasteiger partial charge on any atom is 0.232 e. The Bertz CT molecular complexity index is 1080. The van der Waals surface area contributed by atoms with Gasteiger partial charge in [0.05, 0.1) is 13.2 Å². The summed E-state index contributed by atoms with van der Waals surface area (Å²) in [5, 5.41) is 7.28. The quantitative estimate of drug-likeness (QED) is 0.490. The molecule has 1 saturated carbocycles. The van der Waals surface area contributed by atoms with Crippen molar-refractivity contribution in [2.75, 3.05) is 61.1 Å². The van der Waals surface area contributed by atoms with Crippen LogP contribution in [0.5, 0.6) is 0 Å². The lowest BCUT2D eigenvalue weighted by molar-refractivity contribution is 0.122. The van der Waals surface area contributed by atoms with Crippen LogP contribution < -0.4 is 20.4 Å². The van der Waals surface area contributed by atoms with Crippen LogP contribution >= 0.6 is 12.2 Å². The smallest absolute Gasteiger partial charge is 0.232 e. The van der Waals surface area contributed by atoms with Gasteiger partial charge >= 0.3 is 0 Å². The number of benzene rings is 1. The van der Waals surface area contributed by atoms with E-state index >= 15 is 0 Å². The molecule has 2 saturated heterocycles. The van der Waals surface area contributed by atoms with Crippen molar-refractivity contribution >= 4 is 34.9 Å². The standard InChI is InChI=1S/C29H41FN6OS/c1-21-16-22(2)19-36(18-21)26-17-25(35-12-14-37-15-13-35)32-27(33-26)34-28(38)31-20-29(10-4-3-5-11-29)23-6-8-24(30)9-7-23/h6-9,17,21-22H,3-5,10-16,18-20H2,1-2H3,(H2,31,32,33,34,38)/t21-,22-/m0/s1. The van der Waals surface area contributed by atoms with Gasteiger partial charge in [-0.2, -0.15) is 9.97 Å². The van der Waals surface area contributed by atoms with Crippen LogP contribution in [0.25, 0.3) is 0 Å². The number of nitrogens with zero attached hydrogens (tertiary/aromatic N) is 4. The van der Waals surface area contributed by atoms with Crippen LogP contribution in [0.1, 0.15) is 57.9 Å². The van der Waals surface area contributed by atoms with Gasteiger partial charge in [-0.1, -0.05) is 45.2 Å². The van der Waals surface area contributed by atoms with Gasteiger partial charge in [-0.15, -0.1) is 0 Å². The van der Waals surface area contributed by atoms with Crippen molar-refractivity contribution in [2.45, 2.75) is 57.8 Å². The average molecular weight is 541 g/mol. The van der Waals surface area contributed by atoms with Crippen molar-refractivity contribution in [1.82, 2.24) is 15.3 Å². The Kier molecular flexibility index (Phi) is 8.63. The summed E-state index contributed by atoms with van der Waals surface area (Å²) in [6.07, 6.45) is 6.94. The summed E-state index contributed by atoms with van der Waals surface area (Å²) in [5.41, 5.74) is 1.12. The molecule has 0 spiro atoms. The Hall–Kier alpha value is -2.52. The first-order valence-corrected chi connectivity index (χ1v) is 14.6. The zero-order valence-electron chi connectivity index (χ0n) is 22.7. The zero-order valence-corrected chi connectivity index (χ0v) is 23.5. The molecule has 9 heteroatoms. The fourth-order valence-corrected chi connectivity index (χ4v) is 6.60. The molecule has 0 unspecified atom stereocenters. The number of hydrogen-bond donors (Lipinski definition) is 2. The summed E-state index contributed by atoms with van der Waals surface area (Å²) in [6, 6.07) is 9.11. The molecule has 5 rings (SSSR count). The van der Waals surface area contributed by atoms with Crippen LogP contribution in [0.3, 0.4) is 0 Å². The third-order valence-electron chi connectivity index (χ3n) is 8.31. The Labute approximate surface area is 231 Å². The first kappa shape index (κ1) is 27.1. The van der Waals surface area contributed by atoms with Gasteiger partial charge in [0, 0.05) is 44.2 Å². The summed E-state index contributed by atoms with van der Waals surface area (Å²) in [5.74, 6) is 3.42. The van der Waals surface area contributed by atoms with Gasteiger partial charge in [-0.05, 0) is 61.0 Å². The van der Waals surface area contributed by atoms with Crippen molar-refractivity contribution in [3.8, 4) is 0 Å². The van der Waals surface area contributed by atoms with Gasteiger partial charge in [-0.25, -0.2) is 4.39 Å². The number of rotatable bonds is 6. The number of thiocarbonyl (C=S) groups is 1. The largest absolute Gasteiger partial charge is 0.378 e. The van der Waals surface area contributed by atoms with Gasteiger partial charge in [0.2, 0.25) is 5.95 Å². The molecule has 0 radical (unpaired) electrons. The van der Waals surface area contributed by atoms with Crippen molar-refractivity contribution in [3.63, 3.8) is 0 Å². The minimum Gasteiger partial charge on any atom is -0.378 e. The predicted molar refractivity (Wildman–Crippen MR) is 156 cm³/mol. The van der Waals surface area contributed by atoms with Crippen molar-refractivity contribution in [1.29, 1.82) is 0 Å². The van der Waals surface area contributed by atoms with Crippen LogP contribution in [0.15, 0.2) is 30.3 Å². The molecule has 206 valence electrons. The highest BCUT2D eigenvalue weighted by molar-refractivity contribution is 7.80. The molecule has 2 aliphatic heterocycles. The zero-order chi connectivity index (χ0) is 26.5. The van der Waals surface area contributed by atoms with Crippen LogP contribution in [-0.2, 0) is 10.2 Å². The maximum absolute atomic E-state index is 13.6. The normalized spacial score (nSPS) is 23.7. The molecule has 0 amide bonds. The lowest BCUT2D eigenvalue weighted by atomic mass is 9.69. The Morgan fingerprint density at radius 1 is 1.00 bits per heavy atom. The third kappa shape index (κ3) is 6.54. The van der Waals surface area contributed by atoms with Gasteiger partial charge in [0.25, 0.3) is 0 Å². The monoisotopic (exact) mass is 540 g/mol. The SMILES string of the molecule is C[C@H]1C[C@H](C)CN(c2cc(N3CCOCC3)nc(NC(=S)NCC3(c4ccc(F)cc4)CCCCC3)n2)C1. The lowest BCUT2D eigenvalue weighted by Crippen LogP contribution is -2.44. The van der Waals surface area contributed by atoms with E-state index in [2.05, 4.69) is 40.3 Å². The Morgan fingerprint density at radius 2 is 1.63 bits per heavy atom. The number of nitrogens with one attached hydrogen (secondary N) is 2. The molecule has 3 fully saturated rings. The second-order valence-corrected chi connectivity index (χ2v) is 11.9. The van der Waals surface area contributed by atoms with E-state index < -0.39 is 0 Å². The van der Waals surface area contributed by atoms with Crippen LogP contribution in [0.2, 0.25) is 0 Å². The molecule has 1 aromatic heterocycles. The first-order chi connectivity index (χ1) is 18.4. The van der Waals surface area contributed by atoms with Gasteiger partial charge in [0.1, 0.15) is 17.5 Å². The molecule has 1 aromatic carbocycles. The summed E-state index contributed by atoms with van der Waals surface area (Å²) in [7, 11) is 0. The predicted octanol–water partition coefficient (Wildman–Crippen LogP) is 5.12. The van der Waals surface area contributed by atoms with E-state index in [-0.39, 0.29) is 11.2 Å². The van der Waals surface area contributed by atoms with Crippen molar-refractivity contribution in [3.05, 3.63) is 41.7 Å². The molecule has 2 aromatic rings. The van der Waals surface area contributed by atoms with Crippen LogP contribution in [-0.4, -0.2) is 61.0 Å². The molecule has 2 atom stereocenters. The van der Waals surface area contributed by atoms with E-state index in [1.165, 1.54) is 31.2 Å². The number of ether oxygens (including phenoxy) is 1. The highest BCUT2D eigenvalue weighted by atomic mass is 32.1. The highest BCUT2D eigenvalue weighted by Crippen LogP contribution is 2.39. The highest BCUT2D eigenvalue weighted by Gasteiger charge is 2.34. The number of morpholine rings is 1. The summed E-state index contributed by atoms with van der Waals surface area (Å²) < 4.78 is 19.2. The topological polar surface area (TPSA) is 65.6 Å². The van der Waals surface area contributed by atoms with Gasteiger partial charge in [-0.3, -0.25) is 0 Å². The average Bonchev–Trinajstić information content (AvgIpc) is 2.92. The number of halogens is 1. The molecule has 38 heavy (non-hydrogen) atoms. The summed E-state index contributed by atoms with van der Waals surface area (Å²) in [6.45, 7) is 10.3. The molecule has 7 nitrogen and oxygen atoms in total. The molecule has 3 aliphatic rings. The van der Waals surface area contributed by atoms with E-state index in [4.69, 9.17) is 26.9 Å². The summed E-state index contributed by atoms with van der Waals surface area (Å²) in [4.78, 5) is 14.4. The minimum absolute atomic E-state index is 0.0561. The Morgan fingerprint density at radius 3 is 2.29 bits per heavy atom. The number of aromatic nitrogens is 2. The van der Waals surface area contributed by atoms with E-state index in [9.17, 15) is 4.39 Å². The first-order valence-electron chi connectivity index (χ1n) is 14.2. The molecule has 2 N–H and O–H groups in total. The molecule has 0 bridgehead atoms. The van der Waals surface area contributed by atoms with E-state index in [0.717, 1.165) is 50.7 Å². The second-order valence-electron chi connectivity index (χ2n) is 11.5. The number of piperidine rings is 1. The number of anilines is 3. The lowest BCUT2D eigenvalue weighted by Gasteiger charge is -2.38. The number of hydrogen-bond acceptors (Lipinski definition) is 6. The van der Waals surface area contributed by atoms with Crippen LogP contribution in [0, 0.1) is 17.7 Å². The maximum atomic E-state index is 13.6. The van der Waals surface area contributed by atoms with Gasteiger partial charge in [0.15, 0.2) is 5.11 Å². The fourth-order valence-electron chi connectivity index (χ4n) is 6.44. The molecule has 3 heterocycles. The fraction of sp³-hybridized carbons (Fsp3) is 0.621. The Balaban J connectivity index is 1.33. The van der Waals surface area contributed by atoms with Gasteiger partial charge < -0.3 is 25.2 Å². The molecule has 1 aliphatic carbocycles. The minimum atomic E-state index is -0.199. The third-order valence-corrected chi connectivity index (χ3v) is 8.55. The molecular formula is C29H41FN6OS. The van der Waals surface area contributed by atoms with E-state index in [1.807, 2.05) is 12.1 Å². The van der Waals surface area contributed by atoms with Crippen molar-refractivity contribution < 1.29 is 9.13 Å².